The smallest absolute Gasteiger partial charge is 0.0861 e. The number of hydrogen-bond acceptors (Lipinski definition) is 1. The Morgan fingerprint density at radius 1 is 1.08 bits per heavy atom. The van der Waals surface area contributed by atoms with Crippen molar-refractivity contribution < 1.29 is 4.74 Å². The molecule has 0 radical (unpaired) electrons. The van der Waals surface area contributed by atoms with Crippen molar-refractivity contribution in [3.05, 3.63) is 25.2 Å². The van der Waals surface area contributed by atoms with Gasteiger partial charge < -0.3 is 4.74 Å². The maximum atomic E-state index is 4.86. The average Bonchev–Trinajstić information content (AvgIpc) is 2.16. The molecule has 0 amide bonds. The third kappa shape index (κ3) is 11.3. The molecule has 0 unspecified atom stereocenters. The molecule has 0 aliphatic carbocycles. The van der Waals surface area contributed by atoms with Crippen LogP contribution in [0.2, 0.25) is 0 Å². The molecule has 0 aliphatic rings. The van der Waals surface area contributed by atoms with Gasteiger partial charge in [0.25, 0.3) is 0 Å². The molecule has 0 aromatic carbocycles. The molecular weight excluding hydrogens is 160 g/mol. The van der Waals surface area contributed by atoms with E-state index in [1.807, 2.05) is 0 Å². The van der Waals surface area contributed by atoms with Gasteiger partial charge in [0.05, 0.1) is 12.5 Å². The second-order valence-electron chi connectivity index (χ2n) is 3.23. The normalized spacial score (nSPS) is 10.5. The minimum Gasteiger partial charge on any atom is -0.474 e. The first-order valence-electron chi connectivity index (χ1n) is 5.33. The lowest BCUT2D eigenvalue weighted by atomic mass is 10.1. The highest BCUT2D eigenvalue weighted by Crippen LogP contribution is 2.06. The Labute approximate surface area is 82.5 Å². The zero-order valence-corrected chi connectivity index (χ0v) is 8.80. The van der Waals surface area contributed by atoms with Gasteiger partial charge >= 0.3 is 0 Å². The summed E-state index contributed by atoms with van der Waals surface area (Å²) in [6, 6.07) is 0. The van der Waals surface area contributed by atoms with Crippen LogP contribution in [0.5, 0.6) is 0 Å². The van der Waals surface area contributed by atoms with Crippen molar-refractivity contribution >= 4 is 0 Å². The van der Waals surface area contributed by atoms with E-state index in [-0.39, 0.29) is 0 Å². The van der Waals surface area contributed by atoms with E-state index < -0.39 is 0 Å². The Balaban J connectivity index is 2.94. The fourth-order valence-corrected chi connectivity index (χ4v) is 1.22. The van der Waals surface area contributed by atoms with Crippen molar-refractivity contribution in [3.8, 4) is 0 Å². The first-order chi connectivity index (χ1) is 6.41. The second kappa shape index (κ2) is 11.3. The Hall–Kier alpha value is -0.720. The van der Waals surface area contributed by atoms with E-state index >= 15 is 0 Å². The molecular formula is C12H22O. The highest BCUT2D eigenvalue weighted by molar-refractivity contribution is 4.75. The van der Waals surface area contributed by atoms with Gasteiger partial charge in [-0.2, -0.15) is 0 Å². The summed E-state index contributed by atoms with van der Waals surface area (Å²) in [6.45, 7) is 5.70. The van der Waals surface area contributed by atoms with Crippen LogP contribution in [-0.4, -0.2) is 0 Å². The molecule has 0 saturated carbocycles. The third-order valence-electron chi connectivity index (χ3n) is 2.00. The van der Waals surface area contributed by atoms with Crippen LogP contribution in [0, 0.1) is 0 Å². The van der Waals surface area contributed by atoms with Crippen LogP contribution in [0.1, 0.15) is 51.9 Å². The Morgan fingerprint density at radius 3 is 2.46 bits per heavy atom. The SMILES string of the molecule is C=COC=CCCCCCCCC. The Kier molecular flexibility index (Phi) is 10.7. The number of allylic oxidation sites excluding steroid dienone is 1. The monoisotopic (exact) mass is 182 g/mol. The minimum atomic E-state index is 1.12. The van der Waals surface area contributed by atoms with E-state index in [4.69, 9.17) is 4.74 Å². The summed E-state index contributed by atoms with van der Waals surface area (Å²) >= 11 is 0. The third-order valence-corrected chi connectivity index (χ3v) is 2.00. The van der Waals surface area contributed by atoms with Gasteiger partial charge in [-0.05, 0) is 18.9 Å². The molecule has 0 rings (SSSR count). The summed E-state index contributed by atoms with van der Waals surface area (Å²) in [5.74, 6) is 0. The van der Waals surface area contributed by atoms with E-state index in [0.29, 0.717) is 0 Å². The summed E-state index contributed by atoms with van der Waals surface area (Å²) in [5, 5.41) is 0. The highest BCUT2D eigenvalue weighted by atomic mass is 16.5. The summed E-state index contributed by atoms with van der Waals surface area (Å²) in [4.78, 5) is 0. The summed E-state index contributed by atoms with van der Waals surface area (Å²) in [6.07, 6.45) is 14.4. The van der Waals surface area contributed by atoms with Gasteiger partial charge in [0.15, 0.2) is 0 Å². The van der Waals surface area contributed by atoms with Crippen LogP contribution >= 0.6 is 0 Å². The van der Waals surface area contributed by atoms with Crippen molar-refractivity contribution in [1.29, 1.82) is 0 Å². The summed E-state index contributed by atoms with van der Waals surface area (Å²) in [5.41, 5.74) is 0. The van der Waals surface area contributed by atoms with Gasteiger partial charge in [0.1, 0.15) is 0 Å². The van der Waals surface area contributed by atoms with Crippen LogP contribution in [-0.2, 0) is 4.74 Å². The topological polar surface area (TPSA) is 9.23 Å². The Morgan fingerprint density at radius 2 is 1.77 bits per heavy atom. The van der Waals surface area contributed by atoms with Gasteiger partial charge in [-0.1, -0.05) is 45.6 Å². The van der Waals surface area contributed by atoms with Crippen molar-refractivity contribution in [3.63, 3.8) is 0 Å². The maximum absolute atomic E-state index is 4.86. The zero-order valence-electron chi connectivity index (χ0n) is 8.80. The standard InChI is InChI=1S/C12H22O/c1-3-5-6-7-8-9-10-11-12-13-4-2/h4,11-12H,2-3,5-10H2,1H3. The molecule has 0 aliphatic heterocycles. The average molecular weight is 182 g/mol. The zero-order chi connectivity index (χ0) is 9.78. The van der Waals surface area contributed by atoms with E-state index in [1.54, 1.807) is 6.26 Å². The molecule has 0 spiro atoms. The molecule has 0 bridgehead atoms. The van der Waals surface area contributed by atoms with E-state index in [1.165, 1.54) is 44.8 Å². The van der Waals surface area contributed by atoms with E-state index in [2.05, 4.69) is 19.6 Å². The van der Waals surface area contributed by atoms with Gasteiger partial charge in [-0.25, -0.2) is 0 Å². The molecule has 1 heteroatoms. The number of ether oxygens (including phenoxy) is 1. The molecule has 0 fully saturated rings. The van der Waals surface area contributed by atoms with Gasteiger partial charge in [0, 0.05) is 0 Å². The Bertz CT molecular complexity index is 127. The molecule has 1 nitrogen and oxygen atoms in total. The fourth-order valence-electron chi connectivity index (χ4n) is 1.22. The number of hydrogen-bond donors (Lipinski definition) is 0. The quantitative estimate of drug-likeness (QED) is 0.379. The molecule has 13 heavy (non-hydrogen) atoms. The highest BCUT2D eigenvalue weighted by Gasteiger charge is 1.87. The molecule has 0 saturated heterocycles. The number of rotatable bonds is 9. The van der Waals surface area contributed by atoms with Crippen LogP contribution in [0.25, 0.3) is 0 Å². The molecule has 76 valence electrons. The van der Waals surface area contributed by atoms with Gasteiger partial charge in [0.2, 0.25) is 0 Å². The van der Waals surface area contributed by atoms with Crippen LogP contribution in [0.15, 0.2) is 25.2 Å². The predicted molar refractivity (Wildman–Crippen MR) is 58.4 cm³/mol. The van der Waals surface area contributed by atoms with Crippen LogP contribution < -0.4 is 0 Å². The lowest BCUT2D eigenvalue weighted by molar-refractivity contribution is 0.402. The van der Waals surface area contributed by atoms with Gasteiger partial charge in [-0.15, -0.1) is 0 Å². The lowest BCUT2D eigenvalue weighted by Gasteiger charge is -1.97. The van der Waals surface area contributed by atoms with Crippen molar-refractivity contribution in [2.45, 2.75) is 51.9 Å². The molecule has 0 heterocycles. The van der Waals surface area contributed by atoms with Crippen LogP contribution in [0.4, 0.5) is 0 Å². The van der Waals surface area contributed by atoms with Crippen molar-refractivity contribution in [1.82, 2.24) is 0 Å². The lowest BCUT2D eigenvalue weighted by Crippen LogP contribution is -1.77. The van der Waals surface area contributed by atoms with Crippen molar-refractivity contribution in [2.75, 3.05) is 0 Å². The largest absolute Gasteiger partial charge is 0.474 e. The molecule has 0 N–H and O–H groups in total. The van der Waals surface area contributed by atoms with Gasteiger partial charge in [-0.3, -0.25) is 0 Å². The first kappa shape index (κ1) is 12.3. The van der Waals surface area contributed by atoms with Crippen LogP contribution in [0.3, 0.4) is 0 Å². The number of unbranched alkanes of at least 4 members (excludes halogenated alkanes) is 6. The molecule has 0 atom stereocenters. The molecule has 0 aromatic heterocycles. The van der Waals surface area contributed by atoms with E-state index in [0.717, 1.165) is 6.42 Å². The minimum absolute atomic E-state index is 1.12. The fraction of sp³-hybridized carbons (Fsp3) is 0.667. The van der Waals surface area contributed by atoms with Crippen molar-refractivity contribution in [2.24, 2.45) is 0 Å². The summed E-state index contributed by atoms with van der Waals surface area (Å²) < 4.78 is 4.86. The molecule has 0 aromatic rings. The van der Waals surface area contributed by atoms with E-state index in [9.17, 15) is 0 Å². The predicted octanol–water partition coefficient (Wildman–Crippen LogP) is 4.41. The first-order valence-corrected chi connectivity index (χ1v) is 5.33. The maximum Gasteiger partial charge on any atom is 0.0861 e. The summed E-state index contributed by atoms with van der Waals surface area (Å²) in [7, 11) is 0. The second-order valence-corrected chi connectivity index (χ2v) is 3.23.